The Labute approximate surface area is 109 Å². The molecule has 1 aromatic rings. The molecule has 1 unspecified atom stereocenters. The van der Waals surface area contributed by atoms with Gasteiger partial charge in [-0.05, 0) is 51.4 Å². The molecule has 18 heavy (non-hydrogen) atoms. The third-order valence-electron chi connectivity index (χ3n) is 3.09. The Morgan fingerprint density at radius 2 is 2.28 bits per heavy atom. The van der Waals surface area contributed by atoms with E-state index in [1.54, 1.807) is 6.20 Å². The summed E-state index contributed by atoms with van der Waals surface area (Å²) in [5.74, 6) is 1.51. The van der Waals surface area contributed by atoms with Gasteiger partial charge in [0.2, 0.25) is 0 Å². The van der Waals surface area contributed by atoms with E-state index < -0.39 is 0 Å². The monoisotopic (exact) mass is 246 g/mol. The third-order valence-corrected chi connectivity index (χ3v) is 3.09. The SMILES string of the molecule is CC(C)Oc1cncc(/C=C/C2CCN(C)C2)c1. The fourth-order valence-electron chi connectivity index (χ4n) is 2.24. The van der Waals surface area contributed by atoms with Gasteiger partial charge in [0.1, 0.15) is 5.75 Å². The lowest BCUT2D eigenvalue weighted by molar-refractivity contribution is 0.241. The fourth-order valence-corrected chi connectivity index (χ4v) is 2.24. The predicted octanol–water partition coefficient (Wildman–Crippen LogP) is 2.83. The van der Waals surface area contributed by atoms with Gasteiger partial charge in [0.25, 0.3) is 0 Å². The highest BCUT2D eigenvalue weighted by Crippen LogP contribution is 2.18. The quantitative estimate of drug-likeness (QED) is 0.817. The lowest BCUT2D eigenvalue weighted by atomic mass is 10.1. The van der Waals surface area contributed by atoms with Crippen LogP contribution in [0.3, 0.4) is 0 Å². The highest BCUT2D eigenvalue weighted by Gasteiger charge is 2.16. The molecular formula is C15H22N2O. The molecule has 0 aliphatic carbocycles. The summed E-state index contributed by atoms with van der Waals surface area (Å²) in [5, 5.41) is 0. The number of hydrogen-bond donors (Lipinski definition) is 0. The minimum atomic E-state index is 0.189. The zero-order chi connectivity index (χ0) is 13.0. The molecule has 0 spiro atoms. The van der Waals surface area contributed by atoms with Crippen molar-refractivity contribution >= 4 is 6.08 Å². The Kier molecular flexibility index (Phi) is 4.37. The molecule has 2 heterocycles. The van der Waals surface area contributed by atoms with Crippen LogP contribution in [-0.2, 0) is 0 Å². The first-order valence-corrected chi connectivity index (χ1v) is 6.62. The van der Waals surface area contributed by atoms with Crippen LogP contribution in [0.15, 0.2) is 24.5 Å². The Morgan fingerprint density at radius 1 is 1.44 bits per heavy atom. The largest absolute Gasteiger partial charge is 0.489 e. The second-order valence-corrected chi connectivity index (χ2v) is 5.29. The first-order valence-electron chi connectivity index (χ1n) is 6.62. The number of rotatable bonds is 4. The summed E-state index contributed by atoms with van der Waals surface area (Å²) in [6.45, 7) is 6.41. The van der Waals surface area contributed by atoms with Gasteiger partial charge in [-0.2, -0.15) is 0 Å². The lowest BCUT2D eigenvalue weighted by Gasteiger charge is -2.09. The van der Waals surface area contributed by atoms with Gasteiger partial charge >= 0.3 is 0 Å². The number of nitrogens with zero attached hydrogens (tertiary/aromatic N) is 2. The standard InChI is InChI=1S/C15H22N2O/c1-12(2)18-15-8-14(9-16-10-15)5-4-13-6-7-17(3)11-13/h4-5,8-10,12-13H,6-7,11H2,1-3H3/b5-4+. The van der Waals surface area contributed by atoms with Crippen molar-refractivity contribution in [3.63, 3.8) is 0 Å². The predicted molar refractivity (Wildman–Crippen MR) is 74.6 cm³/mol. The topological polar surface area (TPSA) is 25.4 Å². The minimum absolute atomic E-state index is 0.189. The molecule has 3 heteroatoms. The Bertz CT molecular complexity index is 415. The van der Waals surface area contributed by atoms with E-state index in [-0.39, 0.29) is 6.10 Å². The molecule has 0 N–H and O–H groups in total. The summed E-state index contributed by atoms with van der Waals surface area (Å²) >= 11 is 0. The molecule has 0 radical (unpaired) electrons. The van der Waals surface area contributed by atoms with E-state index in [9.17, 15) is 0 Å². The van der Waals surface area contributed by atoms with Crippen molar-refractivity contribution in [3.8, 4) is 5.75 Å². The maximum atomic E-state index is 5.64. The van der Waals surface area contributed by atoms with Gasteiger partial charge < -0.3 is 9.64 Å². The van der Waals surface area contributed by atoms with Crippen LogP contribution >= 0.6 is 0 Å². The van der Waals surface area contributed by atoms with Crippen LogP contribution in [-0.4, -0.2) is 36.1 Å². The maximum absolute atomic E-state index is 5.64. The van der Waals surface area contributed by atoms with Gasteiger partial charge in [0.15, 0.2) is 0 Å². The van der Waals surface area contributed by atoms with Crippen molar-refractivity contribution in [3.05, 3.63) is 30.1 Å². The van der Waals surface area contributed by atoms with Crippen molar-refractivity contribution in [2.24, 2.45) is 5.92 Å². The summed E-state index contributed by atoms with van der Waals surface area (Å²) in [6, 6.07) is 2.04. The molecule has 1 aromatic heterocycles. The summed E-state index contributed by atoms with van der Waals surface area (Å²) in [4.78, 5) is 6.58. The van der Waals surface area contributed by atoms with E-state index in [0.29, 0.717) is 5.92 Å². The first kappa shape index (κ1) is 13.1. The summed E-state index contributed by atoms with van der Waals surface area (Å²) in [6.07, 6.45) is 9.53. The molecule has 0 amide bonds. The molecule has 0 bridgehead atoms. The van der Waals surface area contributed by atoms with E-state index in [4.69, 9.17) is 4.74 Å². The Balaban J connectivity index is 1.98. The Hall–Kier alpha value is -1.35. The zero-order valence-corrected chi connectivity index (χ0v) is 11.5. The molecule has 1 aliphatic rings. The van der Waals surface area contributed by atoms with Crippen LogP contribution < -0.4 is 4.74 Å². The number of hydrogen-bond acceptors (Lipinski definition) is 3. The van der Waals surface area contributed by atoms with E-state index in [1.807, 2.05) is 26.1 Å². The molecule has 1 fully saturated rings. The summed E-state index contributed by atoms with van der Waals surface area (Å²) in [7, 11) is 2.17. The number of aromatic nitrogens is 1. The Morgan fingerprint density at radius 3 is 2.94 bits per heavy atom. The van der Waals surface area contributed by atoms with Crippen molar-refractivity contribution in [2.45, 2.75) is 26.4 Å². The molecule has 1 aliphatic heterocycles. The van der Waals surface area contributed by atoms with Crippen LogP contribution in [0.5, 0.6) is 5.75 Å². The van der Waals surface area contributed by atoms with Crippen LogP contribution in [0.25, 0.3) is 6.08 Å². The van der Waals surface area contributed by atoms with Crippen molar-refractivity contribution in [2.75, 3.05) is 20.1 Å². The van der Waals surface area contributed by atoms with Gasteiger partial charge in [-0.25, -0.2) is 0 Å². The summed E-state index contributed by atoms with van der Waals surface area (Å²) in [5.41, 5.74) is 1.11. The van der Waals surface area contributed by atoms with E-state index in [0.717, 1.165) is 17.9 Å². The molecular weight excluding hydrogens is 224 g/mol. The van der Waals surface area contributed by atoms with Gasteiger partial charge in [-0.3, -0.25) is 4.98 Å². The van der Waals surface area contributed by atoms with Gasteiger partial charge in [-0.1, -0.05) is 12.2 Å². The summed E-state index contributed by atoms with van der Waals surface area (Å²) < 4.78 is 5.64. The van der Waals surface area contributed by atoms with Crippen LogP contribution in [0.2, 0.25) is 0 Å². The van der Waals surface area contributed by atoms with Crippen molar-refractivity contribution < 1.29 is 4.74 Å². The van der Waals surface area contributed by atoms with E-state index >= 15 is 0 Å². The second kappa shape index (κ2) is 6.01. The number of likely N-dealkylation sites (tertiary alicyclic amines) is 1. The van der Waals surface area contributed by atoms with Crippen LogP contribution in [0.1, 0.15) is 25.8 Å². The van der Waals surface area contributed by atoms with E-state index in [1.165, 1.54) is 13.0 Å². The number of ether oxygens (including phenoxy) is 1. The highest BCUT2D eigenvalue weighted by atomic mass is 16.5. The molecule has 98 valence electrons. The molecule has 3 nitrogen and oxygen atoms in total. The molecule has 2 rings (SSSR count). The van der Waals surface area contributed by atoms with E-state index in [2.05, 4.69) is 29.1 Å². The maximum Gasteiger partial charge on any atom is 0.138 e. The lowest BCUT2D eigenvalue weighted by Crippen LogP contribution is -2.13. The van der Waals surface area contributed by atoms with Crippen LogP contribution in [0.4, 0.5) is 0 Å². The smallest absolute Gasteiger partial charge is 0.138 e. The molecule has 1 saturated heterocycles. The minimum Gasteiger partial charge on any atom is -0.489 e. The fraction of sp³-hybridized carbons (Fsp3) is 0.533. The molecule has 1 atom stereocenters. The van der Waals surface area contributed by atoms with Gasteiger partial charge in [0.05, 0.1) is 12.3 Å². The van der Waals surface area contributed by atoms with Gasteiger partial charge in [0, 0.05) is 12.7 Å². The molecule has 0 aromatic carbocycles. The van der Waals surface area contributed by atoms with Gasteiger partial charge in [-0.15, -0.1) is 0 Å². The zero-order valence-electron chi connectivity index (χ0n) is 11.5. The average molecular weight is 246 g/mol. The van der Waals surface area contributed by atoms with Crippen LogP contribution in [0, 0.1) is 5.92 Å². The number of pyridine rings is 1. The second-order valence-electron chi connectivity index (χ2n) is 5.29. The average Bonchev–Trinajstić information content (AvgIpc) is 2.72. The third kappa shape index (κ3) is 3.84. The normalized spacial score (nSPS) is 21.0. The van der Waals surface area contributed by atoms with Crippen molar-refractivity contribution in [1.29, 1.82) is 0 Å². The highest BCUT2D eigenvalue weighted by molar-refractivity contribution is 5.50. The first-order chi connectivity index (χ1) is 8.63. The molecule has 0 saturated carbocycles. The van der Waals surface area contributed by atoms with Crippen molar-refractivity contribution in [1.82, 2.24) is 9.88 Å².